The van der Waals surface area contributed by atoms with E-state index in [1.807, 2.05) is 55.5 Å². The quantitative estimate of drug-likeness (QED) is 0.573. The van der Waals surface area contributed by atoms with Gasteiger partial charge in [0, 0.05) is 0 Å². The van der Waals surface area contributed by atoms with Crippen LogP contribution in [0.5, 0.6) is 11.5 Å². The summed E-state index contributed by atoms with van der Waals surface area (Å²) in [6, 6.07) is 15.3. The predicted octanol–water partition coefficient (Wildman–Crippen LogP) is 4.13. The number of hydrazone groups is 1. The minimum absolute atomic E-state index is 0.0813. The second-order valence-corrected chi connectivity index (χ2v) is 6.13. The van der Waals surface area contributed by atoms with Crippen molar-refractivity contribution >= 4 is 11.6 Å². The summed E-state index contributed by atoms with van der Waals surface area (Å²) in [5.74, 6) is 1.66. The molecular formula is C21H26N2O3. The second-order valence-electron chi connectivity index (χ2n) is 6.13. The van der Waals surface area contributed by atoms with Crippen LogP contribution < -0.4 is 14.9 Å². The summed E-state index contributed by atoms with van der Waals surface area (Å²) in [7, 11) is 1.62. The van der Waals surface area contributed by atoms with Crippen LogP contribution in [-0.2, 0) is 4.79 Å². The highest BCUT2D eigenvalue weighted by atomic mass is 16.5. The van der Waals surface area contributed by atoms with Gasteiger partial charge in [-0.3, -0.25) is 4.79 Å². The fourth-order valence-electron chi connectivity index (χ4n) is 2.35. The van der Waals surface area contributed by atoms with Gasteiger partial charge in [0.1, 0.15) is 11.5 Å². The molecule has 138 valence electrons. The maximum absolute atomic E-state index is 11.9. The molecule has 1 amide bonds. The maximum Gasteiger partial charge on any atom is 0.277 e. The number of nitrogens with zero attached hydrogens (tertiary/aromatic N) is 1. The third-order valence-electron chi connectivity index (χ3n) is 4.29. The van der Waals surface area contributed by atoms with Crippen molar-refractivity contribution in [2.75, 3.05) is 13.7 Å². The molecule has 2 aromatic rings. The lowest BCUT2D eigenvalue weighted by Crippen LogP contribution is -2.25. The van der Waals surface area contributed by atoms with Gasteiger partial charge in [-0.25, -0.2) is 5.43 Å². The Kier molecular flexibility index (Phi) is 7.21. The van der Waals surface area contributed by atoms with Gasteiger partial charge >= 0.3 is 0 Å². The lowest BCUT2D eigenvalue weighted by Gasteiger charge is -2.10. The van der Waals surface area contributed by atoms with Crippen LogP contribution in [0.2, 0.25) is 0 Å². The minimum Gasteiger partial charge on any atom is -0.497 e. The number of methoxy groups -OCH3 is 1. The predicted molar refractivity (Wildman–Crippen MR) is 104 cm³/mol. The summed E-state index contributed by atoms with van der Waals surface area (Å²) in [6.07, 6.45) is 1.09. The number of carbonyl (C=O) groups is 1. The smallest absolute Gasteiger partial charge is 0.277 e. The average Bonchev–Trinajstić information content (AvgIpc) is 2.70. The number of benzene rings is 2. The minimum atomic E-state index is -0.302. The third kappa shape index (κ3) is 5.62. The van der Waals surface area contributed by atoms with Crippen LogP contribution in [0.4, 0.5) is 0 Å². The van der Waals surface area contributed by atoms with E-state index in [4.69, 9.17) is 9.47 Å². The van der Waals surface area contributed by atoms with Crippen molar-refractivity contribution in [1.29, 1.82) is 0 Å². The Bertz CT molecular complexity index is 737. The molecule has 0 spiro atoms. The highest BCUT2D eigenvalue weighted by Crippen LogP contribution is 2.21. The molecule has 5 heteroatoms. The van der Waals surface area contributed by atoms with Crippen LogP contribution in [-0.4, -0.2) is 25.3 Å². The van der Waals surface area contributed by atoms with E-state index in [1.54, 1.807) is 7.11 Å². The van der Waals surface area contributed by atoms with Crippen molar-refractivity contribution in [3.8, 4) is 11.5 Å². The normalized spacial score (nSPS) is 12.4. The molecule has 2 rings (SSSR count). The first-order valence-corrected chi connectivity index (χ1v) is 8.73. The molecule has 26 heavy (non-hydrogen) atoms. The van der Waals surface area contributed by atoms with Gasteiger partial charge in [0.15, 0.2) is 6.61 Å². The Hall–Kier alpha value is -2.82. The lowest BCUT2D eigenvalue weighted by molar-refractivity contribution is -0.123. The molecule has 0 aliphatic rings. The lowest BCUT2D eigenvalue weighted by atomic mass is 9.99. The van der Waals surface area contributed by atoms with Crippen LogP contribution in [0.3, 0.4) is 0 Å². The van der Waals surface area contributed by atoms with Crippen molar-refractivity contribution in [2.24, 2.45) is 5.10 Å². The summed E-state index contributed by atoms with van der Waals surface area (Å²) < 4.78 is 10.6. The Balaban J connectivity index is 1.84. The van der Waals surface area contributed by atoms with Gasteiger partial charge in [0.05, 0.1) is 12.8 Å². The first-order valence-electron chi connectivity index (χ1n) is 8.73. The third-order valence-corrected chi connectivity index (χ3v) is 4.29. The Labute approximate surface area is 155 Å². The maximum atomic E-state index is 11.9. The van der Waals surface area contributed by atoms with Gasteiger partial charge in [0.2, 0.25) is 0 Å². The van der Waals surface area contributed by atoms with Gasteiger partial charge in [-0.1, -0.05) is 26.0 Å². The number of ether oxygens (including phenoxy) is 2. The summed E-state index contributed by atoms with van der Waals surface area (Å²) >= 11 is 0. The topological polar surface area (TPSA) is 59.9 Å². The molecule has 5 nitrogen and oxygen atoms in total. The van der Waals surface area contributed by atoms with Crippen molar-refractivity contribution < 1.29 is 14.3 Å². The molecular weight excluding hydrogens is 328 g/mol. The van der Waals surface area contributed by atoms with Crippen LogP contribution in [0.1, 0.15) is 44.2 Å². The molecule has 0 aliphatic carbocycles. The molecule has 0 aromatic heterocycles. The van der Waals surface area contributed by atoms with E-state index in [2.05, 4.69) is 24.4 Å². The Morgan fingerprint density at radius 2 is 1.69 bits per heavy atom. The summed E-state index contributed by atoms with van der Waals surface area (Å²) in [4.78, 5) is 11.9. The van der Waals surface area contributed by atoms with Crippen molar-refractivity contribution in [3.63, 3.8) is 0 Å². The highest BCUT2D eigenvalue weighted by molar-refractivity contribution is 5.99. The molecule has 1 N–H and O–H groups in total. The van der Waals surface area contributed by atoms with E-state index in [9.17, 15) is 4.79 Å². The standard InChI is InChI=1S/C21H26N2O3/c1-5-15(2)17-6-12-20(13-7-17)26-14-21(24)23-22-16(3)18-8-10-19(25-4)11-9-18/h6-13,15H,5,14H2,1-4H3,(H,23,24)/b22-16+. The first kappa shape index (κ1) is 19.5. The van der Waals surface area contributed by atoms with Crippen molar-refractivity contribution in [3.05, 3.63) is 59.7 Å². The molecule has 0 saturated carbocycles. The second kappa shape index (κ2) is 9.61. The average molecular weight is 354 g/mol. The SMILES string of the molecule is CCC(C)c1ccc(OCC(=O)N/N=C(\C)c2ccc(OC)cc2)cc1. The number of hydrogen-bond donors (Lipinski definition) is 1. The van der Waals surface area contributed by atoms with Crippen LogP contribution in [0, 0.1) is 0 Å². The zero-order chi connectivity index (χ0) is 18.9. The van der Waals surface area contributed by atoms with E-state index < -0.39 is 0 Å². The van der Waals surface area contributed by atoms with Crippen LogP contribution in [0.15, 0.2) is 53.6 Å². The monoisotopic (exact) mass is 354 g/mol. The van der Waals surface area contributed by atoms with Crippen molar-refractivity contribution in [2.45, 2.75) is 33.1 Å². The number of hydrogen-bond acceptors (Lipinski definition) is 4. The molecule has 1 unspecified atom stereocenters. The van der Waals surface area contributed by atoms with Gasteiger partial charge in [0.25, 0.3) is 5.91 Å². The molecule has 2 aromatic carbocycles. The molecule has 0 heterocycles. The van der Waals surface area contributed by atoms with Crippen LogP contribution >= 0.6 is 0 Å². The van der Waals surface area contributed by atoms with Gasteiger partial charge in [-0.15, -0.1) is 0 Å². The zero-order valence-corrected chi connectivity index (χ0v) is 15.8. The number of nitrogens with one attached hydrogen (secondary N) is 1. The van der Waals surface area contributed by atoms with E-state index in [1.165, 1.54) is 5.56 Å². The van der Waals surface area contributed by atoms with E-state index in [0.717, 1.165) is 17.7 Å². The Morgan fingerprint density at radius 3 is 2.27 bits per heavy atom. The summed E-state index contributed by atoms with van der Waals surface area (Å²) in [6.45, 7) is 6.10. The van der Waals surface area contributed by atoms with E-state index in [0.29, 0.717) is 17.4 Å². The largest absolute Gasteiger partial charge is 0.497 e. The number of carbonyl (C=O) groups excluding carboxylic acids is 1. The first-order chi connectivity index (χ1) is 12.5. The van der Waals surface area contributed by atoms with Crippen molar-refractivity contribution in [1.82, 2.24) is 5.43 Å². The fourth-order valence-corrected chi connectivity index (χ4v) is 2.35. The van der Waals surface area contributed by atoms with Crippen LogP contribution in [0.25, 0.3) is 0 Å². The molecule has 0 saturated heterocycles. The van der Waals surface area contributed by atoms with Gasteiger partial charge < -0.3 is 9.47 Å². The molecule has 0 bridgehead atoms. The molecule has 1 atom stereocenters. The Morgan fingerprint density at radius 1 is 1.08 bits per heavy atom. The molecule has 0 aliphatic heterocycles. The highest BCUT2D eigenvalue weighted by Gasteiger charge is 2.05. The molecule has 0 radical (unpaired) electrons. The number of amides is 1. The fraction of sp³-hybridized carbons (Fsp3) is 0.333. The summed E-state index contributed by atoms with van der Waals surface area (Å²) in [5, 5.41) is 4.11. The molecule has 0 fully saturated rings. The van der Waals surface area contributed by atoms with Gasteiger partial charge in [-0.2, -0.15) is 5.10 Å². The zero-order valence-electron chi connectivity index (χ0n) is 15.8. The van der Waals surface area contributed by atoms with E-state index in [-0.39, 0.29) is 12.5 Å². The van der Waals surface area contributed by atoms with E-state index >= 15 is 0 Å². The number of rotatable bonds is 8. The summed E-state index contributed by atoms with van der Waals surface area (Å²) in [5.41, 5.74) is 5.40. The van der Waals surface area contributed by atoms with Gasteiger partial charge in [-0.05, 0) is 66.8 Å².